The number of nitrogens with one attached hydrogen (secondary N) is 1. The molecule has 1 aromatic rings. The molecule has 1 N–H and O–H groups in total. The van der Waals surface area contributed by atoms with Crippen LogP contribution in [0.15, 0.2) is 18.3 Å². The van der Waals surface area contributed by atoms with Crippen molar-refractivity contribution in [2.24, 2.45) is 0 Å². The number of rotatable bonds is 8. The highest BCUT2D eigenvalue weighted by Gasteiger charge is 2.24. The molecule has 0 aliphatic heterocycles. The van der Waals surface area contributed by atoms with Crippen molar-refractivity contribution in [3.63, 3.8) is 0 Å². The van der Waals surface area contributed by atoms with Crippen LogP contribution in [0.1, 0.15) is 57.3 Å². The molecule has 1 aromatic heterocycles. The molecule has 0 aromatic carbocycles. The van der Waals surface area contributed by atoms with E-state index in [0.717, 1.165) is 13.1 Å². The average molecular weight is 275 g/mol. The van der Waals surface area contributed by atoms with Gasteiger partial charge in [-0.3, -0.25) is 4.98 Å². The molecule has 0 saturated carbocycles. The molecule has 0 fully saturated rings. The van der Waals surface area contributed by atoms with Gasteiger partial charge in [-0.1, -0.05) is 19.9 Å². The fourth-order valence-corrected chi connectivity index (χ4v) is 3.16. The lowest BCUT2D eigenvalue weighted by Crippen LogP contribution is -2.31. The third kappa shape index (κ3) is 4.03. The lowest BCUT2D eigenvalue weighted by molar-refractivity contribution is 0.287. The third-order valence-corrected chi connectivity index (χ3v) is 4.45. The van der Waals surface area contributed by atoms with E-state index in [4.69, 9.17) is 0 Å². The van der Waals surface area contributed by atoms with Gasteiger partial charge in [0.25, 0.3) is 0 Å². The molecule has 1 aliphatic carbocycles. The lowest BCUT2D eigenvalue weighted by atomic mass is 10.1. The maximum absolute atomic E-state index is 4.56. The Morgan fingerprint density at radius 2 is 2.20 bits per heavy atom. The molecule has 2 unspecified atom stereocenters. The van der Waals surface area contributed by atoms with Crippen molar-refractivity contribution in [3.05, 3.63) is 29.6 Å². The van der Waals surface area contributed by atoms with Gasteiger partial charge in [-0.25, -0.2) is 0 Å². The molecule has 20 heavy (non-hydrogen) atoms. The largest absolute Gasteiger partial charge is 0.306 e. The first-order valence-corrected chi connectivity index (χ1v) is 8.16. The van der Waals surface area contributed by atoms with E-state index >= 15 is 0 Å². The van der Waals surface area contributed by atoms with E-state index in [1.54, 1.807) is 0 Å². The quantitative estimate of drug-likeness (QED) is 0.790. The summed E-state index contributed by atoms with van der Waals surface area (Å²) in [5.41, 5.74) is 2.71. The van der Waals surface area contributed by atoms with Gasteiger partial charge >= 0.3 is 0 Å². The van der Waals surface area contributed by atoms with Crippen molar-refractivity contribution in [3.8, 4) is 0 Å². The van der Waals surface area contributed by atoms with Crippen molar-refractivity contribution >= 4 is 0 Å². The minimum absolute atomic E-state index is 0.467. The maximum Gasteiger partial charge on any atom is 0.0605 e. The van der Waals surface area contributed by atoms with Gasteiger partial charge in [-0.15, -0.1) is 0 Å². The number of hydrogen-bond acceptors (Lipinski definition) is 3. The summed E-state index contributed by atoms with van der Waals surface area (Å²) in [6.45, 7) is 10.3. The van der Waals surface area contributed by atoms with Gasteiger partial charge in [0.15, 0.2) is 0 Å². The maximum atomic E-state index is 4.56. The fraction of sp³-hybridized carbons (Fsp3) is 0.706. The van der Waals surface area contributed by atoms with Crippen molar-refractivity contribution in [2.75, 3.05) is 19.6 Å². The molecule has 1 aliphatic rings. The Labute approximate surface area is 123 Å². The van der Waals surface area contributed by atoms with Crippen LogP contribution in [-0.4, -0.2) is 35.6 Å². The zero-order valence-electron chi connectivity index (χ0n) is 13.2. The molecular weight excluding hydrogens is 246 g/mol. The summed E-state index contributed by atoms with van der Waals surface area (Å²) in [4.78, 5) is 7.06. The molecule has 1 heterocycles. The first-order valence-electron chi connectivity index (χ1n) is 8.16. The molecule has 3 nitrogen and oxygen atoms in total. The van der Waals surface area contributed by atoms with E-state index in [1.165, 1.54) is 43.5 Å². The molecular formula is C17H29N3. The Balaban J connectivity index is 1.74. The monoisotopic (exact) mass is 275 g/mol. The summed E-state index contributed by atoms with van der Waals surface area (Å²) in [6.07, 6.45) is 6.82. The second-order valence-corrected chi connectivity index (χ2v) is 5.88. The molecule has 0 amide bonds. The summed E-state index contributed by atoms with van der Waals surface area (Å²) >= 11 is 0. The molecule has 2 rings (SSSR count). The first-order chi connectivity index (χ1) is 9.74. The smallest absolute Gasteiger partial charge is 0.0605 e. The molecule has 2 atom stereocenters. The Kier molecular flexibility index (Phi) is 5.99. The minimum atomic E-state index is 0.467. The topological polar surface area (TPSA) is 28.2 Å². The number of aryl methyl sites for hydroxylation is 1. The number of aromatic nitrogens is 1. The van der Waals surface area contributed by atoms with Gasteiger partial charge in [0.05, 0.1) is 11.7 Å². The number of fused-ring (bicyclic) bond motifs is 1. The highest BCUT2D eigenvalue weighted by molar-refractivity contribution is 5.27. The van der Waals surface area contributed by atoms with E-state index in [2.05, 4.69) is 48.1 Å². The summed E-state index contributed by atoms with van der Waals surface area (Å²) in [7, 11) is 0. The van der Waals surface area contributed by atoms with Crippen molar-refractivity contribution in [2.45, 2.75) is 58.5 Å². The van der Waals surface area contributed by atoms with Gasteiger partial charge in [-0.05, 0) is 63.9 Å². The Morgan fingerprint density at radius 1 is 1.40 bits per heavy atom. The summed E-state index contributed by atoms with van der Waals surface area (Å²) in [6, 6.07) is 5.31. The van der Waals surface area contributed by atoms with Crippen molar-refractivity contribution < 1.29 is 0 Å². The van der Waals surface area contributed by atoms with Crippen LogP contribution >= 0.6 is 0 Å². The van der Waals surface area contributed by atoms with Crippen LogP contribution in [0.3, 0.4) is 0 Å². The van der Waals surface area contributed by atoms with Crippen LogP contribution < -0.4 is 5.32 Å². The number of pyridine rings is 1. The Hall–Kier alpha value is -0.930. The van der Waals surface area contributed by atoms with Crippen LogP contribution in [0.2, 0.25) is 0 Å². The second-order valence-electron chi connectivity index (χ2n) is 5.88. The highest BCUT2D eigenvalue weighted by Crippen LogP contribution is 2.29. The van der Waals surface area contributed by atoms with Crippen molar-refractivity contribution in [1.82, 2.24) is 15.2 Å². The predicted octanol–water partition coefficient (Wildman–Crippen LogP) is 3.17. The van der Waals surface area contributed by atoms with Gasteiger partial charge in [0, 0.05) is 12.2 Å². The predicted molar refractivity (Wildman–Crippen MR) is 84.9 cm³/mol. The van der Waals surface area contributed by atoms with E-state index in [9.17, 15) is 0 Å². The van der Waals surface area contributed by atoms with Crippen molar-refractivity contribution in [1.29, 1.82) is 0 Å². The van der Waals surface area contributed by atoms with Crippen LogP contribution in [0.25, 0.3) is 0 Å². The third-order valence-electron chi connectivity index (χ3n) is 4.45. The summed E-state index contributed by atoms with van der Waals surface area (Å²) in [5.74, 6) is 0. The van der Waals surface area contributed by atoms with E-state index in [0.29, 0.717) is 12.1 Å². The number of hydrogen-bond donors (Lipinski definition) is 1. The van der Waals surface area contributed by atoms with Crippen LogP contribution in [0.4, 0.5) is 0 Å². The molecule has 0 saturated heterocycles. The Bertz CT molecular complexity index is 401. The normalized spacial score (nSPS) is 19.3. The van der Waals surface area contributed by atoms with Gasteiger partial charge in [0.2, 0.25) is 0 Å². The molecule has 112 valence electrons. The SMILES string of the molecule is CCN(CC)CCCC(C)NC1CCc2cccnc21. The molecule has 0 bridgehead atoms. The summed E-state index contributed by atoms with van der Waals surface area (Å²) in [5, 5.41) is 3.76. The van der Waals surface area contributed by atoms with Crippen LogP contribution in [0.5, 0.6) is 0 Å². The van der Waals surface area contributed by atoms with Crippen LogP contribution in [-0.2, 0) is 6.42 Å². The fourth-order valence-electron chi connectivity index (χ4n) is 3.16. The molecule has 0 radical (unpaired) electrons. The molecule has 0 spiro atoms. The highest BCUT2D eigenvalue weighted by atomic mass is 15.1. The molecule has 3 heteroatoms. The summed E-state index contributed by atoms with van der Waals surface area (Å²) < 4.78 is 0. The van der Waals surface area contributed by atoms with Gasteiger partial charge < -0.3 is 10.2 Å². The average Bonchev–Trinajstić information content (AvgIpc) is 2.87. The lowest BCUT2D eigenvalue weighted by Gasteiger charge is -2.22. The minimum Gasteiger partial charge on any atom is -0.306 e. The van der Waals surface area contributed by atoms with Gasteiger partial charge in [0.1, 0.15) is 0 Å². The zero-order valence-corrected chi connectivity index (χ0v) is 13.2. The number of nitrogens with zero attached hydrogens (tertiary/aromatic N) is 2. The van der Waals surface area contributed by atoms with Crippen LogP contribution in [0, 0.1) is 0 Å². The zero-order chi connectivity index (χ0) is 14.4. The van der Waals surface area contributed by atoms with E-state index < -0.39 is 0 Å². The Morgan fingerprint density at radius 3 is 2.95 bits per heavy atom. The first kappa shape index (κ1) is 15.5. The van der Waals surface area contributed by atoms with Gasteiger partial charge in [-0.2, -0.15) is 0 Å². The van der Waals surface area contributed by atoms with E-state index in [-0.39, 0.29) is 0 Å². The standard InChI is InChI=1S/C17H29N3/c1-4-20(5-2)13-7-8-14(3)19-16-11-10-15-9-6-12-18-17(15)16/h6,9,12,14,16,19H,4-5,7-8,10-11,13H2,1-3H3. The van der Waals surface area contributed by atoms with E-state index in [1.807, 2.05) is 6.20 Å². The second kappa shape index (κ2) is 7.75.